The number of ether oxygens (including phenoxy) is 2. The molecule has 4 rings (SSSR count). The molecule has 142 valence electrons. The summed E-state index contributed by atoms with van der Waals surface area (Å²) >= 11 is 0. The Balaban J connectivity index is 1.47. The van der Waals surface area contributed by atoms with E-state index in [0.29, 0.717) is 24.6 Å². The van der Waals surface area contributed by atoms with Gasteiger partial charge in [0.2, 0.25) is 22.7 Å². The highest BCUT2D eigenvalue weighted by molar-refractivity contribution is 7.89. The fourth-order valence-corrected chi connectivity index (χ4v) is 4.56. The van der Waals surface area contributed by atoms with E-state index in [9.17, 15) is 13.2 Å². The van der Waals surface area contributed by atoms with Gasteiger partial charge in [-0.3, -0.25) is 4.79 Å². The van der Waals surface area contributed by atoms with Crippen LogP contribution in [0.4, 0.5) is 0 Å². The number of benzene rings is 2. The number of hydrogen-bond acceptors (Lipinski definition) is 5. The Hall–Kier alpha value is -2.58. The van der Waals surface area contributed by atoms with Gasteiger partial charge >= 0.3 is 0 Å². The van der Waals surface area contributed by atoms with Crippen molar-refractivity contribution in [1.29, 1.82) is 0 Å². The normalized spacial score (nSPS) is 16.7. The molecule has 0 radical (unpaired) electrons. The van der Waals surface area contributed by atoms with Crippen molar-refractivity contribution in [3.8, 4) is 11.5 Å². The minimum Gasteiger partial charge on any atom is -0.454 e. The van der Waals surface area contributed by atoms with E-state index in [0.717, 1.165) is 12.0 Å². The van der Waals surface area contributed by atoms with Crippen molar-refractivity contribution in [2.75, 3.05) is 13.3 Å². The summed E-state index contributed by atoms with van der Waals surface area (Å²) in [4.78, 5) is 14.5. The smallest absolute Gasteiger partial charge is 0.241 e. The second-order valence-electron chi connectivity index (χ2n) is 6.64. The molecule has 0 unspecified atom stereocenters. The predicted octanol–water partition coefficient (Wildman–Crippen LogP) is 1.67. The predicted molar refractivity (Wildman–Crippen MR) is 97.9 cm³/mol. The third kappa shape index (κ3) is 3.50. The molecule has 2 aromatic rings. The Bertz CT molecular complexity index is 989. The summed E-state index contributed by atoms with van der Waals surface area (Å²) in [6.45, 7) is 2.70. The van der Waals surface area contributed by atoms with Crippen LogP contribution in [0.15, 0.2) is 47.4 Å². The maximum absolute atomic E-state index is 12.8. The number of nitrogens with one attached hydrogen (secondary N) is 1. The Labute approximate surface area is 157 Å². The molecule has 27 heavy (non-hydrogen) atoms. The first kappa shape index (κ1) is 17.8. The average molecular weight is 388 g/mol. The third-order valence-electron chi connectivity index (χ3n) is 4.80. The zero-order valence-electron chi connectivity index (χ0n) is 14.8. The summed E-state index contributed by atoms with van der Waals surface area (Å²) in [6.07, 6.45) is 0.767. The van der Waals surface area contributed by atoms with Gasteiger partial charge in [0.05, 0.1) is 10.9 Å². The molecule has 1 atom stereocenters. The maximum atomic E-state index is 12.8. The summed E-state index contributed by atoms with van der Waals surface area (Å²) < 4.78 is 38.2. The molecule has 2 aromatic carbocycles. The average Bonchev–Trinajstić information content (AvgIpc) is 3.14. The number of nitrogens with zero attached hydrogens (tertiary/aromatic N) is 1. The molecule has 0 spiro atoms. The molecule has 0 aliphatic carbocycles. The van der Waals surface area contributed by atoms with Crippen molar-refractivity contribution >= 4 is 15.9 Å². The SMILES string of the molecule is C[C@H](NS(=O)(=O)c1ccc2c(c1)OCO2)C(=O)N1CCc2ccccc2C1. The van der Waals surface area contributed by atoms with Gasteiger partial charge in [-0.25, -0.2) is 8.42 Å². The Morgan fingerprint density at radius 2 is 1.85 bits per heavy atom. The summed E-state index contributed by atoms with van der Waals surface area (Å²) in [5, 5.41) is 0. The van der Waals surface area contributed by atoms with Crippen molar-refractivity contribution < 1.29 is 22.7 Å². The van der Waals surface area contributed by atoms with Gasteiger partial charge in [-0.1, -0.05) is 24.3 Å². The van der Waals surface area contributed by atoms with Gasteiger partial charge in [0.25, 0.3) is 0 Å². The first-order valence-corrected chi connectivity index (χ1v) is 10.2. The number of rotatable bonds is 4. The van der Waals surface area contributed by atoms with Gasteiger partial charge in [0.15, 0.2) is 11.5 Å². The summed E-state index contributed by atoms with van der Waals surface area (Å²) in [7, 11) is -3.86. The van der Waals surface area contributed by atoms with Crippen LogP contribution in [-0.4, -0.2) is 38.6 Å². The van der Waals surface area contributed by atoms with Crippen LogP contribution >= 0.6 is 0 Å². The molecule has 0 saturated heterocycles. The van der Waals surface area contributed by atoms with Crippen LogP contribution in [0.3, 0.4) is 0 Å². The quantitative estimate of drug-likeness (QED) is 0.861. The number of amides is 1. The summed E-state index contributed by atoms with van der Waals surface area (Å²) in [6, 6.07) is 11.5. The molecule has 0 bridgehead atoms. The molecule has 0 saturated carbocycles. The van der Waals surface area contributed by atoms with E-state index in [4.69, 9.17) is 9.47 Å². The minimum absolute atomic E-state index is 0.0374. The Kier molecular flexibility index (Phi) is 4.53. The maximum Gasteiger partial charge on any atom is 0.241 e. The zero-order valence-corrected chi connectivity index (χ0v) is 15.7. The number of fused-ring (bicyclic) bond motifs is 2. The molecule has 7 nitrogen and oxygen atoms in total. The van der Waals surface area contributed by atoms with E-state index in [1.54, 1.807) is 17.9 Å². The summed E-state index contributed by atoms with van der Waals surface area (Å²) in [5.74, 6) is 0.642. The van der Waals surface area contributed by atoms with E-state index in [-0.39, 0.29) is 17.6 Å². The van der Waals surface area contributed by atoms with Gasteiger partial charge in [-0.05, 0) is 36.6 Å². The van der Waals surface area contributed by atoms with E-state index >= 15 is 0 Å². The number of carbonyl (C=O) groups is 1. The van der Waals surface area contributed by atoms with Gasteiger partial charge in [0.1, 0.15) is 0 Å². The number of sulfonamides is 1. The van der Waals surface area contributed by atoms with E-state index < -0.39 is 16.1 Å². The standard InChI is InChI=1S/C19H20N2O5S/c1-13(19(22)21-9-8-14-4-2-3-5-15(14)11-21)20-27(23,24)16-6-7-17-18(10-16)26-12-25-17/h2-7,10,13,20H,8-9,11-12H2,1H3/t13-/m0/s1. The second kappa shape index (κ2) is 6.86. The van der Waals surface area contributed by atoms with Crippen LogP contribution in [0.25, 0.3) is 0 Å². The van der Waals surface area contributed by atoms with E-state index in [1.165, 1.54) is 17.7 Å². The molecule has 2 aliphatic rings. The molecule has 2 heterocycles. The lowest BCUT2D eigenvalue weighted by molar-refractivity contribution is -0.133. The van der Waals surface area contributed by atoms with Crippen molar-refractivity contribution in [3.05, 3.63) is 53.6 Å². The van der Waals surface area contributed by atoms with Gasteiger partial charge < -0.3 is 14.4 Å². The molecule has 1 amide bonds. The zero-order chi connectivity index (χ0) is 19.0. The van der Waals surface area contributed by atoms with Crippen LogP contribution < -0.4 is 14.2 Å². The van der Waals surface area contributed by atoms with Crippen molar-refractivity contribution in [3.63, 3.8) is 0 Å². The lowest BCUT2D eigenvalue weighted by Crippen LogP contribution is -2.48. The lowest BCUT2D eigenvalue weighted by Gasteiger charge is -2.31. The van der Waals surface area contributed by atoms with Gasteiger partial charge in [0, 0.05) is 19.2 Å². The van der Waals surface area contributed by atoms with E-state index in [1.807, 2.05) is 18.2 Å². The highest BCUT2D eigenvalue weighted by Crippen LogP contribution is 2.33. The van der Waals surface area contributed by atoms with Crippen LogP contribution in [0, 0.1) is 0 Å². The molecule has 1 N–H and O–H groups in total. The highest BCUT2D eigenvalue weighted by atomic mass is 32.2. The lowest BCUT2D eigenvalue weighted by atomic mass is 9.99. The van der Waals surface area contributed by atoms with Crippen LogP contribution in [-0.2, 0) is 27.8 Å². The molecule has 8 heteroatoms. The first-order chi connectivity index (χ1) is 12.9. The van der Waals surface area contributed by atoms with Crippen LogP contribution in [0.5, 0.6) is 11.5 Å². The Morgan fingerprint density at radius 1 is 1.11 bits per heavy atom. The topological polar surface area (TPSA) is 84.9 Å². The minimum atomic E-state index is -3.86. The van der Waals surface area contributed by atoms with E-state index in [2.05, 4.69) is 10.8 Å². The summed E-state index contributed by atoms with van der Waals surface area (Å²) in [5.41, 5.74) is 2.33. The van der Waals surface area contributed by atoms with Gasteiger partial charge in [-0.15, -0.1) is 0 Å². The third-order valence-corrected chi connectivity index (χ3v) is 6.34. The van der Waals surface area contributed by atoms with Crippen LogP contribution in [0.1, 0.15) is 18.1 Å². The fraction of sp³-hybridized carbons (Fsp3) is 0.316. The number of hydrogen-bond donors (Lipinski definition) is 1. The highest BCUT2D eigenvalue weighted by Gasteiger charge is 2.29. The van der Waals surface area contributed by atoms with Crippen molar-refractivity contribution in [2.45, 2.75) is 30.8 Å². The first-order valence-electron chi connectivity index (χ1n) is 8.71. The molecule has 0 fully saturated rings. The van der Waals surface area contributed by atoms with Crippen LogP contribution in [0.2, 0.25) is 0 Å². The van der Waals surface area contributed by atoms with Gasteiger partial charge in [-0.2, -0.15) is 4.72 Å². The second-order valence-corrected chi connectivity index (χ2v) is 8.35. The molecular weight excluding hydrogens is 368 g/mol. The molecule has 0 aromatic heterocycles. The monoisotopic (exact) mass is 388 g/mol. The molecular formula is C19H20N2O5S. The van der Waals surface area contributed by atoms with Crippen molar-refractivity contribution in [2.24, 2.45) is 0 Å². The Morgan fingerprint density at radius 3 is 2.67 bits per heavy atom. The van der Waals surface area contributed by atoms with Crippen molar-refractivity contribution in [1.82, 2.24) is 9.62 Å². The molecule has 2 aliphatic heterocycles. The number of carbonyl (C=O) groups excluding carboxylic acids is 1. The largest absolute Gasteiger partial charge is 0.454 e. The fourth-order valence-electron chi connectivity index (χ4n) is 3.35.